The maximum Gasteiger partial charge on any atom is 0.325 e. The molecule has 4 rings (SSSR count). The summed E-state index contributed by atoms with van der Waals surface area (Å²) >= 11 is 0. The molecule has 4 amide bonds. The van der Waals surface area contributed by atoms with E-state index >= 15 is 0 Å². The summed E-state index contributed by atoms with van der Waals surface area (Å²) in [6.45, 7) is 5.85. The van der Waals surface area contributed by atoms with E-state index in [9.17, 15) is 14.4 Å². The van der Waals surface area contributed by atoms with Crippen LogP contribution in [0.5, 0.6) is 0 Å². The molecule has 27 heavy (non-hydrogen) atoms. The Kier molecular flexibility index (Phi) is 4.24. The average molecular weight is 369 g/mol. The van der Waals surface area contributed by atoms with Crippen molar-refractivity contribution in [1.29, 1.82) is 0 Å². The van der Waals surface area contributed by atoms with Crippen molar-refractivity contribution in [3.63, 3.8) is 0 Å². The molecule has 0 aromatic heterocycles. The second kappa shape index (κ2) is 6.36. The summed E-state index contributed by atoms with van der Waals surface area (Å²) in [6, 6.07) is 5.48. The number of nitrogens with one attached hydrogen (secondary N) is 2. The van der Waals surface area contributed by atoms with Crippen molar-refractivity contribution in [1.82, 2.24) is 10.2 Å². The second-order valence-corrected chi connectivity index (χ2v) is 8.48. The molecule has 6 nitrogen and oxygen atoms in total. The third-order valence-electron chi connectivity index (χ3n) is 6.09. The summed E-state index contributed by atoms with van der Waals surface area (Å²) in [5.74, 6) is 0.185. The molecule has 1 heterocycles. The number of rotatable bonds is 6. The number of carbonyl (C=O) groups excluding carboxylic acids is 3. The van der Waals surface area contributed by atoms with Gasteiger partial charge in [0, 0.05) is 5.69 Å². The SMILES string of the molecule is Cc1cccc(C(C)C)c1NC(=O)CN1C(=O)NC(C2CC2)(C2CC2)C1=O. The number of amides is 4. The van der Waals surface area contributed by atoms with Crippen molar-refractivity contribution in [2.75, 3.05) is 11.9 Å². The molecule has 3 aliphatic rings. The number of hydrogen-bond donors (Lipinski definition) is 2. The van der Waals surface area contributed by atoms with E-state index in [4.69, 9.17) is 0 Å². The molecule has 1 aliphatic heterocycles. The summed E-state index contributed by atoms with van der Waals surface area (Å²) < 4.78 is 0. The monoisotopic (exact) mass is 369 g/mol. The number of anilines is 1. The Morgan fingerprint density at radius 2 is 1.85 bits per heavy atom. The fraction of sp³-hybridized carbons (Fsp3) is 0.571. The maximum absolute atomic E-state index is 13.1. The number of benzene rings is 1. The van der Waals surface area contributed by atoms with E-state index in [1.54, 1.807) is 0 Å². The first-order valence-corrected chi connectivity index (χ1v) is 9.88. The quantitative estimate of drug-likeness (QED) is 0.756. The highest BCUT2D eigenvalue weighted by Crippen LogP contribution is 2.54. The molecule has 6 heteroatoms. The van der Waals surface area contributed by atoms with Gasteiger partial charge in [-0.1, -0.05) is 32.0 Å². The molecule has 0 bridgehead atoms. The van der Waals surface area contributed by atoms with Crippen LogP contribution in [0.3, 0.4) is 0 Å². The minimum absolute atomic E-state index is 0.207. The first-order chi connectivity index (χ1) is 12.8. The minimum Gasteiger partial charge on any atom is -0.324 e. The average Bonchev–Trinajstić information content (AvgIpc) is 3.51. The molecule has 1 saturated heterocycles. The van der Waals surface area contributed by atoms with Crippen LogP contribution in [0.2, 0.25) is 0 Å². The predicted octanol–water partition coefficient (Wildman–Crippen LogP) is 3.17. The van der Waals surface area contributed by atoms with Crippen molar-refractivity contribution >= 4 is 23.5 Å². The third-order valence-corrected chi connectivity index (χ3v) is 6.09. The summed E-state index contributed by atoms with van der Waals surface area (Å²) in [5.41, 5.74) is 2.05. The van der Waals surface area contributed by atoms with Gasteiger partial charge in [-0.25, -0.2) is 4.79 Å². The summed E-state index contributed by atoms with van der Waals surface area (Å²) in [7, 11) is 0. The molecule has 2 N–H and O–H groups in total. The van der Waals surface area contributed by atoms with Gasteiger partial charge in [0.15, 0.2) is 0 Å². The number of nitrogens with zero attached hydrogens (tertiary/aromatic N) is 1. The largest absolute Gasteiger partial charge is 0.325 e. The Hall–Kier alpha value is -2.37. The molecule has 2 aliphatic carbocycles. The van der Waals surface area contributed by atoms with Gasteiger partial charge in [0.2, 0.25) is 5.91 Å². The van der Waals surface area contributed by atoms with Gasteiger partial charge in [-0.05, 0) is 61.5 Å². The van der Waals surface area contributed by atoms with E-state index in [2.05, 4.69) is 24.5 Å². The van der Waals surface area contributed by atoms with Gasteiger partial charge in [-0.3, -0.25) is 14.5 Å². The highest BCUT2D eigenvalue weighted by molar-refractivity contribution is 6.11. The van der Waals surface area contributed by atoms with Crippen LogP contribution in [-0.2, 0) is 9.59 Å². The Labute approximate surface area is 159 Å². The number of para-hydroxylation sites is 1. The Morgan fingerprint density at radius 1 is 1.22 bits per heavy atom. The first kappa shape index (κ1) is 18.0. The van der Waals surface area contributed by atoms with Crippen LogP contribution in [0.1, 0.15) is 56.6 Å². The van der Waals surface area contributed by atoms with Gasteiger partial charge in [0.1, 0.15) is 12.1 Å². The Bertz CT molecular complexity index is 797. The fourth-order valence-corrected chi connectivity index (χ4v) is 4.39. The lowest BCUT2D eigenvalue weighted by Crippen LogP contribution is -2.51. The van der Waals surface area contributed by atoms with Crippen LogP contribution in [-0.4, -0.2) is 34.8 Å². The number of imide groups is 1. The number of carbonyl (C=O) groups is 3. The van der Waals surface area contributed by atoms with Crippen molar-refractivity contribution in [3.05, 3.63) is 29.3 Å². The Morgan fingerprint density at radius 3 is 2.41 bits per heavy atom. The number of hydrogen-bond acceptors (Lipinski definition) is 3. The minimum atomic E-state index is -0.747. The predicted molar refractivity (Wildman–Crippen MR) is 102 cm³/mol. The van der Waals surface area contributed by atoms with Gasteiger partial charge in [0.05, 0.1) is 0 Å². The van der Waals surface area contributed by atoms with E-state index in [0.29, 0.717) is 0 Å². The second-order valence-electron chi connectivity index (χ2n) is 8.48. The zero-order valence-electron chi connectivity index (χ0n) is 16.2. The van der Waals surface area contributed by atoms with Crippen molar-refractivity contribution < 1.29 is 14.4 Å². The molecule has 1 aromatic carbocycles. The van der Waals surface area contributed by atoms with Crippen LogP contribution in [0.4, 0.5) is 10.5 Å². The fourth-order valence-electron chi connectivity index (χ4n) is 4.39. The molecule has 0 spiro atoms. The van der Waals surface area contributed by atoms with Crippen LogP contribution >= 0.6 is 0 Å². The molecule has 1 aromatic rings. The van der Waals surface area contributed by atoms with Gasteiger partial charge in [-0.2, -0.15) is 0 Å². The van der Waals surface area contributed by atoms with Gasteiger partial charge < -0.3 is 10.6 Å². The van der Waals surface area contributed by atoms with Crippen molar-refractivity contribution in [2.45, 2.75) is 57.9 Å². The molecular formula is C21H27N3O3. The van der Waals surface area contributed by atoms with E-state index in [-0.39, 0.29) is 36.1 Å². The normalized spacial score (nSPS) is 21.6. The first-order valence-electron chi connectivity index (χ1n) is 9.88. The number of aryl methyl sites for hydroxylation is 1. The van der Waals surface area contributed by atoms with Gasteiger partial charge in [-0.15, -0.1) is 0 Å². The molecule has 0 radical (unpaired) electrons. The highest BCUT2D eigenvalue weighted by Gasteiger charge is 2.65. The van der Waals surface area contributed by atoms with Crippen LogP contribution < -0.4 is 10.6 Å². The van der Waals surface area contributed by atoms with Crippen LogP contribution in [0, 0.1) is 18.8 Å². The molecule has 2 saturated carbocycles. The lowest BCUT2D eigenvalue weighted by Gasteiger charge is -2.26. The smallest absolute Gasteiger partial charge is 0.324 e. The van der Waals surface area contributed by atoms with Gasteiger partial charge in [0.25, 0.3) is 5.91 Å². The summed E-state index contributed by atoms with van der Waals surface area (Å²) in [5, 5.41) is 5.89. The van der Waals surface area contributed by atoms with Crippen molar-refractivity contribution in [3.8, 4) is 0 Å². The molecule has 144 valence electrons. The lowest BCUT2D eigenvalue weighted by molar-refractivity contribution is -0.135. The zero-order valence-corrected chi connectivity index (χ0v) is 16.2. The van der Waals surface area contributed by atoms with Gasteiger partial charge >= 0.3 is 6.03 Å². The summed E-state index contributed by atoms with van der Waals surface area (Å²) in [4.78, 5) is 39.4. The lowest BCUT2D eigenvalue weighted by atomic mass is 9.87. The van der Waals surface area contributed by atoms with Crippen LogP contribution in [0.15, 0.2) is 18.2 Å². The molecule has 0 unspecified atom stereocenters. The number of urea groups is 1. The van der Waals surface area contributed by atoms with E-state index in [0.717, 1.165) is 47.4 Å². The van der Waals surface area contributed by atoms with E-state index in [1.165, 1.54) is 0 Å². The molecule has 0 atom stereocenters. The molecule has 3 fully saturated rings. The van der Waals surface area contributed by atoms with Crippen LogP contribution in [0.25, 0.3) is 0 Å². The highest BCUT2D eigenvalue weighted by atomic mass is 16.2. The van der Waals surface area contributed by atoms with E-state index < -0.39 is 11.6 Å². The van der Waals surface area contributed by atoms with E-state index in [1.807, 2.05) is 25.1 Å². The summed E-state index contributed by atoms with van der Waals surface area (Å²) in [6.07, 6.45) is 3.90. The molecular weight excluding hydrogens is 342 g/mol. The zero-order chi connectivity index (χ0) is 19.3. The topological polar surface area (TPSA) is 78.5 Å². The van der Waals surface area contributed by atoms with Crippen molar-refractivity contribution in [2.24, 2.45) is 11.8 Å². The third kappa shape index (κ3) is 3.01. The Balaban J connectivity index is 1.51. The standard InChI is InChI=1S/C21H27N3O3/c1-12(2)16-6-4-5-13(3)18(16)22-17(25)11-24-19(26)21(14-7-8-14,15-9-10-15)23-20(24)27/h4-6,12,14-15H,7-11H2,1-3H3,(H,22,25)(H,23,27). The maximum atomic E-state index is 13.1.